The van der Waals surface area contributed by atoms with Crippen LogP contribution < -0.4 is 5.32 Å². The summed E-state index contributed by atoms with van der Waals surface area (Å²) >= 11 is 1.60. The number of nitrogens with one attached hydrogen (secondary N) is 1. The van der Waals surface area contributed by atoms with E-state index in [-0.39, 0.29) is 11.2 Å². The van der Waals surface area contributed by atoms with Gasteiger partial charge in [-0.2, -0.15) is 0 Å². The zero-order valence-electron chi connectivity index (χ0n) is 10.6. The number of rotatable bonds is 7. The molecule has 17 heavy (non-hydrogen) atoms. The maximum Gasteiger partial charge on any atom is 0.233 e. The predicted octanol–water partition coefficient (Wildman–Crippen LogP) is 3.47. The van der Waals surface area contributed by atoms with Crippen LogP contribution in [0.4, 0.5) is 0 Å². The molecule has 1 atom stereocenters. The summed E-state index contributed by atoms with van der Waals surface area (Å²) in [5.74, 6) is 0.134. The van der Waals surface area contributed by atoms with E-state index in [0.717, 1.165) is 17.9 Å². The second kappa shape index (κ2) is 8.18. The van der Waals surface area contributed by atoms with Crippen molar-refractivity contribution >= 4 is 17.7 Å². The van der Waals surface area contributed by atoms with E-state index >= 15 is 0 Å². The minimum Gasteiger partial charge on any atom is -0.355 e. The van der Waals surface area contributed by atoms with Crippen molar-refractivity contribution in [3.8, 4) is 0 Å². The molecule has 0 saturated heterocycles. The Labute approximate surface area is 108 Å². The van der Waals surface area contributed by atoms with Crippen LogP contribution in [0.15, 0.2) is 35.2 Å². The van der Waals surface area contributed by atoms with Crippen LogP contribution in [0.3, 0.4) is 0 Å². The molecule has 0 fully saturated rings. The summed E-state index contributed by atoms with van der Waals surface area (Å²) in [7, 11) is 0. The van der Waals surface area contributed by atoms with Crippen molar-refractivity contribution in [3.05, 3.63) is 30.3 Å². The second-order valence-corrected chi connectivity index (χ2v) is 5.49. The third-order valence-corrected chi connectivity index (χ3v) is 3.62. The first-order valence-electron chi connectivity index (χ1n) is 6.23. The predicted molar refractivity (Wildman–Crippen MR) is 74.3 cm³/mol. The van der Waals surface area contributed by atoms with E-state index in [1.165, 1.54) is 12.8 Å². The maximum absolute atomic E-state index is 11.8. The lowest BCUT2D eigenvalue weighted by molar-refractivity contribution is -0.120. The van der Waals surface area contributed by atoms with Gasteiger partial charge < -0.3 is 5.32 Å². The first kappa shape index (κ1) is 14.1. The van der Waals surface area contributed by atoms with Gasteiger partial charge in [-0.15, -0.1) is 11.8 Å². The van der Waals surface area contributed by atoms with Crippen LogP contribution >= 0.6 is 11.8 Å². The van der Waals surface area contributed by atoms with E-state index < -0.39 is 0 Å². The van der Waals surface area contributed by atoms with Gasteiger partial charge in [0, 0.05) is 11.4 Å². The summed E-state index contributed by atoms with van der Waals surface area (Å²) in [5, 5.41) is 2.95. The third-order valence-electron chi connectivity index (χ3n) is 2.50. The molecule has 1 N–H and O–H groups in total. The lowest BCUT2D eigenvalue weighted by atomic mass is 10.2. The average Bonchev–Trinajstić information content (AvgIpc) is 2.35. The van der Waals surface area contributed by atoms with Gasteiger partial charge in [0.1, 0.15) is 0 Å². The van der Waals surface area contributed by atoms with Crippen molar-refractivity contribution in [2.24, 2.45) is 0 Å². The minimum absolute atomic E-state index is 0.0287. The van der Waals surface area contributed by atoms with E-state index in [1.54, 1.807) is 11.8 Å². The second-order valence-electron chi connectivity index (χ2n) is 4.07. The van der Waals surface area contributed by atoms with Crippen LogP contribution in [0, 0.1) is 0 Å². The highest BCUT2D eigenvalue weighted by atomic mass is 32.2. The topological polar surface area (TPSA) is 29.1 Å². The minimum atomic E-state index is -0.0287. The van der Waals surface area contributed by atoms with Gasteiger partial charge in [0.05, 0.1) is 5.25 Å². The molecule has 0 aromatic heterocycles. The highest BCUT2D eigenvalue weighted by molar-refractivity contribution is 8.00. The van der Waals surface area contributed by atoms with Crippen LogP contribution in [0.5, 0.6) is 0 Å². The van der Waals surface area contributed by atoms with Gasteiger partial charge in [0.2, 0.25) is 5.91 Å². The lowest BCUT2D eigenvalue weighted by Crippen LogP contribution is -2.31. The van der Waals surface area contributed by atoms with Crippen molar-refractivity contribution in [1.29, 1.82) is 0 Å². The monoisotopic (exact) mass is 251 g/mol. The molecule has 1 rings (SSSR count). The Morgan fingerprint density at radius 3 is 2.65 bits per heavy atom. The van der Waals surface area contributed by atoms with E-state index in [4.69, 9.17) is 0 Å². The fourth-order valence-electron chi connectivity index (χ4n) is 1.49. The molecule has 0 radical (unpaired) electrons. The summed E-state index contributed by atoms with van der Waals surface area (Å²) in [6, 6.07) is 10.0. The Morgan fingerprint density at radius 2 is 2.00 bits per heavy atom. The Hall–Kier alpha value is -0.960. The Kier molecular flexibility index (Phi) is 6.78. The number of amides is 1. The van der Waals surface area contributed by atoms with E-state index in [1.807, 2.05) is 37.3 Å². The highest BCUT2D eigenvalue weighted by Crippen LogP contribution is 2.22. The molecule has 0 spiro atoms. The van der Waals surface area contributed by atoms with Gasteiger partial charge in [0.15, 0.2) is 0 Å². The SMILES string of the molecule is CCCCCNC(=O)[C@H](C)Sc1ccccc1. The van der Waals surface area contributed by atoms with Crippen molar-refractivity contribution in [3.63, 3.8) is 0 Å². The number of unbranched alkanes of at least 4 members (excludes halogenated alkanes) is 2. The normalized spacial score (nSPS) is 12.1. The molecular weight excluding hydrogens is 230 g/mol. The van der Waals surface area contributed by atoms with Gasteiger partial charge in [-0.3, -0.25) is 4.79 Å². The third kappa shape index (κ3) is 5.78. The van der Waals surface area contributed by atoms with Crippen LogP contribution in [-0.2, 0) is 4.79 Å². The summed E-state index contributed by atoms with van der Waals surface area (Å²) in [4.78, 5) is 12.9. The zero-order valence-corrected chi connectivity index (χ0v) is 11.4. The van der Waals surface area contributed by atoms with Crippen molar-refractivity contribution in [2.45, 2.75) is 43.3 Å². The number of hydrogen-bond acceptors (Lipinski definition) is 2. The zero-order chi connectivity index (χ0) is 12.5. The van der Waals surface area contributed by atoms with Gasteiger partial charge in [-0.05, 0) is 25.5 Å². The average molecular weight is 251 g/mol. The first-order chi connectivity index (χ1) is 8.24. The molecule has 1 aromatic rings. The Morgan fingerprint density at radius 1 is 1.29 bits per heavy atom. The Bertz CT molecular complexity index is 326. The maximum atomic E-state index is 11.8. The largest absolute Gasteiger partial charge is 0.355 e. The van der Waals surface area contributed by atoms with Crippen molar-refractivity contribution in [1.82, 2.24) is 5.32 Å². The number of benzene rings is 1. The summed E-state index contributed by atoms with van der Waals surface area (Å²) < 4.78 is 0. The van der Waals surface area contributed by atoms with Crippen molar-refractivity contribution in [2.75, 3.05) is 6.54 Å². The lowest BCUT2D eigenvalue weighted by Gasteiger charge is -2.11. The smallest absolute Gasteiger partial charge is 0.233 e. The number of thioether (sulfide) groups is 1. The molecule has 0 heterocycles. The number of hydrogen-bond donors (Lipinski definition) is 1. The van der Waals surface area contributed by atoms with Crippen LogP contribution in [0.25, 0.3) is 0 Å². The van der Waals surface area contributed by atoms with E-state index in [0.29, 0.717) is 0 Å². The number of carbonyl (C=O) groups excluding carboxylic acids is 1. The molecular formula is C14H21NOS. The molecule has 0 unspecified atom stereocenters. The van der Waals surface area contributed by atoms with E-state index in [9.17, 15) is 4.79 Å². The molecule has 0 aliphatic heterocycles. The molecule has 3 heteroatoms. The fraction of sp³-hybridized carbons (Fsp3) is 0.500. The van der Waals surface area contributed by atoms with Gasteiger partial charge >= 0.3 is 0 Å². The summed E-state index contributed by atoms with van der Waals surface area (Å²) in [6.07, 6.45) is 3.44. The van der Waals surface area contributed by atoms with Crippen LogP contribution in [-0.4, -0.2) is 17.7 Å². The summed E-state index contributed by atoms with van der Waals surface area (Å²) in [6.45, 7) is 4.91. The molecule has 1 aromatic carbocycles. The molecule has 0 saturated carbocycles. The van der Waals surface area contributed by atoms with Gasteiger partial charge in [-0.25, -0.2) is 0 Å². The molecule has 0 aliphatic rings. The fourth-order valence-corrected chi connectivity index (χ4v) is 2.40. The molecule has 1 amide bonds. The van der Waals surface area contributed by atoms with Crippen LogP contribution in [0.2, 0.25) is 0 Å². The number of carbonyl (C=O) groups is 1. The van der Waals surface area contributed by atoms with Crippen molar-refractivity contribution < 1.29 is 4.79 Å². The quantitative estimate of drug-likeness (QED) is 0.594. The molecule has 94 valence electrons. The molecule has 0 bridgehead atoms. The van der Waals surface area contributed by atoms with Crippen LogP contribution in [0.1, 0.15) is 33.1 Å². The first-order valence-corrected chi connectivity index (χ1v) is 7.11. The van der Waals surface area contributed by atoms with Gasteiger partial charge in [-0.1, -0.05) is 38.0 Å². The molecule has 2 nitrogen and oxygen atoms in total. The van der Waals surface area contributed by atoms with Gasteiger partial charge in [0.25, 0.3) is 0 Å². The standard InChI is InChI=1S/C14H21NOS/c1-3-4-8-11-15-14(16)12(2)17-13-9-6-5-7-10-13/h5-7,9-10,12H,3-4,8,11H2,1-2H3,(H,15,16)/t12-/m0/s1. The van der Waals surface area contributed by atoms with E-state index in [2.05, 4.69) is 12.2 Å². The Balaban J connectivity index is 2.27. The molecule has 0 aliphatic carbocycles. The summed E-state index contributed by atoms with van der Waals surface area (Å²) in [5.41, 5.74) is 0. The highest BCUT2D eigenvalue weighted by Gasteiger charge is 2.13.